The number of carbonyl (C=O) groups is 2. The van der Waals surface area contributed by atoms with Crippen LogP contribution in [-0.4, -0.2) is 33.8 Å². The van der Waals surface area contributed by atoms with Crippen molar-refractivity contribution in [2.24, 2.45) is 5.92 Å². The van der Waals surface area contributed by atoms with E-state index < -0.39 is 11.9 Å². The topological polar surface area (TPSA) is 103 Å². The molecule has 1 fully saturated rings. The van der Waals surface area contributed by atoms with Gasteiger partial charge in [-0.2, -0.15) is 4.98 Å². The fraction of sp³-hybridized carbons (Fsp3) is 0.565. The predicted octanol–water partition coefficient (Wildman–Crippen LogP) is 5.22. The molecule has 3 rings (SSSR count). The van der Waals surface area contributed by atoms with Gasteiger partial charge in [-0.15, -0.1) is 0 Å². The number of ether oxygens (including phenoxy) is 1. The second-order valence-electron chi connectivity index (χ2n) is 7.99. The SMILES string of the molecule is CCOC(=O)c1cccc(-c2noc(C(CCCC3CCCCC3)CC(=O)O)n2)c1. The third kappa shape index (κ3) is 6.15. The number of aliphatic carboxylic acids is 1. The van der Waals surface area contributed by atoms with Crippen molar-refractivity contribution in [3.05, 3.63) is 35.7 Å². The van der Waals surface area contributed by atoms with E-state index in [1.54, 1.807) is 31.2 Å². The molecule has 0 radical (unpaired) electrons. The summed E-state index contributed by atoms with van der Waals surface area (Å²) in [6.07, 6.45) is 9.28. The number of carbonyl (C=O) groups excluding carboxylic acids is 1. The maximum absolute atomic E-state index is 12.0. The Balaban J connectivity index is 1.68. The lowest BCUT2D eigenvalue weighted by Gasteiger charge is -2.21. The molecule has 30 heavy (non-hydrogen) atoms. The molecular weight excluding hydrogens is 384 g/mol. The quantitative estimate of drug-likeness (QED) is 0.531. The van der Waals surface area contributed by atoms with Crippen LogP contribution < -0.4 is 0 Å². The third-order valence-corrected chi connectivity index (χ3v) is 5.73. The lowest BCUT2D eigenvalue weighted by Crippen LogP contribution is -2.10. The first-order chi connectivity index (χ1) is 14.6. The largest absolute Gasteiger partial charge is 0.481 e. The molecule has 0 aliphatic heterocycles. The number of nitrogens with zero attached hydrogens (tertiary/aromatic N) is 2. The zero-order valence-corrected chi connectivity index (χ0v) is 17.5. The molecule has 1 aliphatic rings. The van der Waals surface area contributed by atoms with Crippen LogP contribution in [0, 0.1) is 5.92 Å². The fourth-order valence-electron chi connectivity index (χ4n) is 4.17. The molecule has 7 nitrogen and oxygen atoms in total. The van der Waals surface area contributed by atoms with Gasteiger partial charge < -0.3 is 14.4 Å². The van der Waals surface area contributed by atoms with Gasteiger partial charge in [0.2, 0.25) is 11.7 Å². The van der Waals surface area contributed by atoms with E-state index in [0.29, 0.717) is 35.9 Å². The molecule has 1 aromatic heterocycles. The summed E-state index contributed by atoms with van der Waals surface area (Å²) >= 11 is 0. The van der Waals surface area contributed by atoms with Crippen molar-refractivity contribution in [1.82, 2.24) is 10.1 Å². The minimum atomic E-state index is -0.873. The molecule has 1 saturated carbocycles. The van der Waals surface area contributed by atoms with Crippen LogP contribution in [0.3, 0.4) is 0 Å². The molecule has 1 N–H and O–H groups in total. The van der Waals surface area contributed by atoms with Crippen LogP contribution in [0.2, 0.25) is 0 Å². The van der Waals surface area contributed by atoms with E-state index in [-0.39, 0.29) is 12.3 Å². The van der Waals surface area contributed by atoms with E-state index in [4.69, 9.17) is 9.26 Å². The molecule has 1 unspecified atom stereocenters. The summed E-state index contributed by atoms with van der Waals surface area (Å²) in [5, 5.41) is 13.4. The van der Waals surface area contributed by atoms with Crippen molar-refractivity contribution in [3.63, 3.8) is 0 Å². The van der Waals surface area contributed by atoms with Gasteiger partial charge >= 0.3 is 11.9 Å². The van der Waals surface area contributed by atoms with Gasteiger partial charge in [-0.25, -0.2) is 4.79 Å². The number of esters is 1. The molecule has 1 aromatic carbocycles. The highest BCUT2D eigenvalue weighted by Gasteiger charge is 2.23. The highest BCUT2D eigenvalue weighted by atomic mass is 16.5. The maximum atomic E-state index is 12.0. The molecule has 0 bridgehead atoms. The summed E-state index contributed by atoms with van der Waals surface area (Å²) in [5.41, 5.74) is 1.04. The van der Waals surface area contributed by atoms with Gasteiger partial charge in [-0.3, -0.25) is 4.79 Å². The van der Waals surface area contributed by atoms with Crippen LogP contribution in [-0.2, 0) is 9.53 Å². The standard InChI is InChI=1S/C23H30N2O5/c1-2-29-23(28)19-13-7-11-17(14-19)21-24-22(30-25-21)18(15-20(26)27)12-6-10-16-8-4-3-5-9-16/h7,11,13-14,16,18H,2-6,8-10,12,15H2,1H3,(H,26,27). The molecular formula is C23H30N2O5. The van der Waals surface area contributed by atoms with Crippen LogP contribution in [0.25, 0.3) is 11.4 Å². The van der Waals surface area contributed by atoms with E-state index in [1.807, 2.05) is 0 Å². The molecule has 1 heterocycles. The van der Waals surface area contributed by atoms with Crippen LogP contribution in [0.4, 0.5) is 0 Å². The Labute approximate surface area is 176 Å². The molecule has 0 spiro atoms. The minimum absolute atomic E-state index is 0.0326. The van der Waals surface area contributed by atoms with Gasteiger partial charge in [0.25, 0.3) is 0 Å². The molecule has 1 atom stereocenters. The Morgan fingerprint density at radius 1 is 1.27 bits per heavy atom. The predicted molar refractivity (Wildman–Crippen MR) is 111 cm³/mol. The average molecular weight is 415 g/mol. The van der Waals surface area contributed by atoms with Gasteiger partial charge in [-0.1, -0.05) is 62.2 Å². The number of hydrogen-bond acceptors (Lipinski definition) is 6. The van der Waals surface area contributed by atoms with Crippen molar-refractivity contribution in [2.45, 2.75) is 70.6 Å². The lowest BCUT2D eigenvalue weighted by molar-refractivity contribution is -0.137. The van der Waals surface area contributed by atoms with Crippen molar-refractivity contribution >= 4 is 11.9 Å². The Bertz CT molecular complexity index is 842. The van der Waals surface area contributed by atoms with Gasteiger partial charge in [0.1, 0.15) is 0 Å². The molecule has 2 aromatic rings. The van der Waals surface area contributed by atoms with Crippen molar-refractivity contribution in [2.75, 3.05) is 6.61 Å². The number of carboxylic acid groups (broad SMARTS) is 1. The van der Waals surface area contributed by atoms with Crippen molar-refractivity contribution in [1.29, 1.82) is 0 Å². The lowest BCUT2D eigenvalue weighted by atomic mass is 9.84. The van der Waals surface area contributed by atoms with Crippen LogP contribution >= 0.6 is 0 Å². The fourth-order valence-corrected chi connectivity index (χ4v) is 4.17. The first-order valence-electron chi connectivity index (χ1n) is 10.9. The van der Waals surface area contributed by atoms with Crippen LogP contribution in [0.1, 0.15) is 86.9 Å². The highest BCUT2D eigenvalue weighted by Crippen LogP contribution is 2.31. The molecule has 162 valence electrons. The summed E-state index contributed by atoms with van der Waals surface area (Å²) in [6, 6.07) is 6.84. The monoisotopic (exact) mass is 414 g/mol. The third-order valence-electron chi connectivity index (χ3n) is 5.73. The molecule has 1 aliphatic carbocycles. The first-order valence-corrected chi connectivity index (χ1v) is 10.9. The number of aromatic nitrogens is 2. The number of hydrogen-bond donors (Lipinski definition) is 1. The molecule has 0 amide bonds. The normalized spacial score (nSPS) is 15.6. The first kappa shape index (κ1) is 22.0. The second kappa shape index (κ2) is 10.9. The van der Waals surface area contributed by atoms with Crippen LogP contribution in [0.15, 0.2) is 28.8 Å². The van der Waals surface area contributed by atoms with Gasteiger partial charge in [0, 0.05) is 11.5 Å². The van der Waals surface area contributed by atoms with E-state index in [0.717, 1.165) is 18.8 Å². The zero-order valence-electron chi connectivity index (χ0n) is 17.5. The summed E-state index contributed by atoms with van der Waals surface area (Å²) < 4.78 is 10.5. The molecule has 7 heteroatoms. The Morgan fingerprint density at radius 2 is 2.07 bits per heavy atom. The molecule has 0 saturated heterocycles. The highest BCUT2D eigenvalue weighted by molar-refractivity contribution is 5.90. The summed E-state index contributed by atoms with van der Waals surface area (Å²) in [5.74, 6) is -0.138. The van der Waals surface area contributed by atoms with E-state index >= 15 is 0 Å². The van der Waals surface area contributed by atoms with Crippen molar-refractivity contribution in [3.8, 4) is 11.4 Å². The summed E-state index contributed by atoms with van der Waals surface area (Å²) in [4.78, 5) is 27.8. The number of rotatable bonds is 10. The van der Waals surface area contributed by atoms with E-state index in [2.05, 4.69) is 10.1 Å². The van der Waals surface area contributed by atoms with Crippen molar-refractivity contribution < 1.29 is 24.0 Å². The Kier molecular flexibility index (Phi) is 7.99. The minimum Gasteiger partial charge on any atom is -0.481 e. The van der Waals surface area contributed by atoms with Gasteiger partial charge in [0.15, 0.2) is 0 Å². The average Bonchev–Trinajstić information content (AvgIpc) is 3.24. The smallest absolute Gasteiger partial charge is 0.338 e. The number of benzene rings is 1. The van der Waals surface area contributed by atoms with Gasteiger partial charge in [0.05, 0.1) is 18.6 Å². The number of carboxylic acids is 1. The Morgan fingerprint density at radius 3 is 2.80 bits per heavy atom. The summed E-state index contributed by atoms with van der Waals surface area (Å²) in [7, 11) is 0. The second-order valence-corrected chi connectivity index (χ2v) is 7.99. The summed E-state index contributed by atoms with van der Waals surface area (Å²) in [6.45, 7) is 2.05. The van der Waals surface area contributed by atoms with Crippen LogP contribution in [0.5, 0.6) is 0 Å². The van der Waals surface area contributed by atoms with E-state index in [9.17, 15) is 14.7 Å². The maximum Gasteiger partial charge on any atom is 0.338 e. The zero-order chi connectivity index (χ0) is 21.3. The Hall–Kier alpha value is -2.70. The van der Waals surface area contributed by atoms with Gasteiger partial charge in [-0.05, 0) is 31.4 Å². The van der Waals surface area contributed by atoms with E-state index in [1.165, 1.54) is 32.1 Å².